The number of aliphatic hydroxyl groups excluding tert-OH is 1. The van der Waals surface area contributed by atoms with Gasteiger partial charge in [0.25, 0.3) is 0 Å². The van der Waals surface area contributed by atoms with Crippen molar-refractivity contribution in [2.24, 2.45) is 0 Å². The summed E-state index contributed by atoms with van der Waals surface area (Å²) in [5, 5.41) is 11.3. The molecule has 0 bridgehead atoms. The molecule has 0 radical (unpaired) electrons. The van der Waals surface area contributed by atoms with Crippen LogP contribution in [0.3, 0.4) is 0 Å². The van der Waals surface area contributed by atoms with E-state index in [9.17, 15) is 9.67 Å². The van der Waals surface area contributed by atoms with Gasteiger partial charge in [0.2, 0.25) is 0 Å². The second-order valence-corrected chi connectivity index (χ2v) is 17.6. The molecular weight excluding hydrogens is 503 g/mol. The lowest BCUT2D eigenvalue weighted by molar-refractivity contribution is 0.199. The normalized spacial score (nSPS) is 16.5. The molecule has 3 rings (SSSR count). The average molecular weight is 557 g/mol. The fraction of sp³-hybridized carbons (Fsp3) is 0.647. The molecule has 218 valence electrons. The molecule has 0 aromatic heterocycles. The lowest BCUT2D eigenvalue weighted by atomic mass is 9.72. The molecule has 1 aliphatic rings. The number of rotatable bonds is 3. The molecule has 0 fully saturated rings. The van der Waals surface area contributed by atoms with Crippen LogP contribution in [0.4, 0.5) is 0 Å². The van der Waals surface area contributed by atoms with E-state index in [0.29, 0.717) is 24.3 Å². The molecule has 4 nitrogen and oxygen atoms in total. The maximum atomic E-state index is 14.7. The van der Waals surface area contributed by atoms with E-state index in [4.69, 9.17) is 9.05 Å². The largest absolute Gasteiger partial charge is 0.459 e. The Morgan fingerprint density at radius 3 is 1.23 bits per heavy atom. The molecule has 1 unspecified atom stereocenters. The lowest BCUT2D eigenvalue weighted by Gasteiger charge is -2.33. The molecule has 0 spiro atoms. The molecule has 0 saturated heterocycles. The summed E-state index contributed by atoms with van der Waals surface area (Å²) in [6.07, 6.45) is 0.996. The molecule has 2 aromatic rings. The van der Waals surface area contributed by atoms with Gasteiger partial charge in [-0.1, -0.05) is 109 Å². The molecule has 1 aliphatic heterocycles. The van der Waals surface area contributed by atoms with Crippen molar-refractivity contribution in [1.82, 2.24) is 0 Å². The van der Waals surface area contributed by atoms with Crippen LogP contribution in [0.1, 0.15) is 136 Å². The standard InChI is InChI=1S/C34H53O4P/c1-16-17-26(35)39(36)37-29-24(33(10,11)12)18-22(31(4,5)6)20(2)27(29)28-21(3)23(32(7,8)9)19-25(30(28)38-39)34(13,14)15/h18-19,26,35H,16-17H2,1-15H3. The first-order chi connectivity index (χ1) is 17.4. The summed E-state index contributed by atoms with van der Waals surface area (Å²) in [6.45, 7) is 32.6. The summed E-state index contributed by atoms with van der Waals surface area (Å²) in [5.74, 6) is -0.0642. The first kappa shape index (κ1) is 31.8. The zero-order valence-corrected chi connectivity index (χ0v) is 28.2. The van der Waals surface area contributed by atoms with Gasteiger partial charge in [0.15, 0.2) is 5.85 Å². The number of hydrogen-bond acceptors (Lipinski definition) is 4. The smallest absolute Gasteiger partial charge is 0.413 e. The van der Waals surface area contributed by atoms with Crippen molar-refractivity contribution in [2.75, 3.05) is 0 Å². The van der Waals surface area contributed by atoms with Crippen LogP contribution in [0, 0.1) is 13.8 Å². The fourth-order valence-corrected chi connectivity index (χ4v) is 7.53. The van der Waals surface area contributed by atoms with Crippen molar-refractivity contribution >= 4 is 7.60 Å². The predicted molar refractivity (Wildman–Crippen MR) is 166 cm³/mol. The molecule has 5 heteroatoms. The van der Waals surface area contributed by atoms with Gasteiger partial charge in [-0.25, -0.2) is 4.57 Å². The Kier molecular flexibility index (Phi) is 8.10. The van der Waals surface area contributed by atoms with E-state index in [1.807, 2.05) is 6.92 Å². The first-order valence-electron chi connectivity index (χ1n) is 14.5. The molecule has 2 aromatic carbocycles. The van der Waals surface area contributed by atoms with E-state index in [1.54, 1.807) is 0 Å². The maximum Gasteiger partial charge on any atom is 0.459 e. The molecule has 1 N–H and O–H groups in total. The van der Waals surface area contributed by atoms with Gasteiger partial charge in [-0.05, 0) is 64.2 Å². The van der Waals surface area contributed by atoms with E-state index in [2.05, 4.69) is 109 Å². The van der Waals surface area contributed by atoms with Crippen molar-refractivity contribution < 1.29 is 18.7 Å². The monoisotopic (exact) mass is 556 g/mol. The van der Waals surface area contributed by atoms with Crippen LogP contribution in [0.15, 0.2) is 12.1 Å². The Bertz CT molecular complexity index is 1210. The highest BCUT2D eigenvalue weighted by Gasteiger charge is 2.46. The zero-order valence-electron chi connectivity index (χ0n) is 27.3. The van der Waals surface area contributed by atoms with Crippen LogP contribution in [0.2, 0.25) is 0 Å². The third-order valence-corrected chi connectivity index (χ3v) is 9.77. The van der Waals surface area contributed by atoms with E-state index in [0.717, 1.165) is 33.4 Å². The topological polar surface area (TPSA) is 55.8 Å². The van der Waals surface area contributed by atoms with Crippen molar-refractivity contribution in [3.63, 3.8) is 0 Å². The lowest BCUT2D eigenvalue weighted by Crippen LogP contribution is -2.21. The van der Waals surface area contributed by atoms with Gasteiger partial charge in [0.05, 0.1) is 0 Å². The van der Waals surface area contributed by atoms with E-state index in [1.165, 1.54) is 11.1 Å². The molecule has 1 heterocycles. The van der Waals surface area contributed by atoms with Gasteiger partial charge in [-0.3, -0.25) is 0 Å². The number of fused-ring (bicyclic) bond motifs is 3. The molecule has 0 saturated carbocycles. The Morgan fingerprint density at radius 2 is 0.974 bits per heavy atom. The average Bonchev–Trinajstić information content (AvgIpc) is 2.86. The summed E-state index contributed by atoms with van der Waals surface area (Å²) in [5.41, 5.74) is 7.64. The third kappa shape index (κ3) is 5.84. The number of hydrogen-bond donors (Lipinski definition) is 1. The second kappa shape index (κ2) is 9.95. The van der Waals surface area contributed by atoms with Crippen LogP contribution in [-0.2, 0) is 26.2 Å². The minimum atomic E-state index is -4.02. The van der Waals surface area contributed by atoms with Crippen molar-refractivity contribution in [3.05, 3.63) is 45.5 Å². The highest BCUT2D eigenvalue weighted by molar-refractivity contribution is 7.55. The van der Waals surface area contributed by atoms with Crippen LogP contribution in [0.25, 0.3) is 11.1 Å². The first-order valence-corrected chi connectivity index (χ1v) is 16.1. The van der Waals surface area contributed by atoms with Gasteiger partial charge in [-0.2, -0.15) is 0 Å². The van der Waals surface area contributed by atoms with Crippen molar-refractivity contribution in [2.45, 2.75) is 144 Å². The summed E-state index contributed by atoms with van der Waals surface area (Å²) in [4.78, 5) is 0. The maximum absolute atomic E-state index is 14.7. The molecular formula is C34H53O4P. The summed E-state index contributed by atoms with van der Waals surface area (Å²) >= 11 is 0. The quantitative estimate of drug-likeness (QED) is 0.382. The number of aliphatic hydroxyl groups is 1. The summed E-state index contributed by atoms with van der Waals surface area (Å²) < 4.78 is 27.9. The molecule has 0 amide bonds. The Balaban J connectivity index is 2.74. The summed E-state index contributed by atoms with van der Waals surface area (Å²) in [6, 6.07) is 4.45. The SMILES string of the molecule is CCCC(O)P1(=O)Oc2c(C(C)(C)C)cc(C(C)(C)C)c(C)c2-c2c(C)c(C(C)(C)C)cc(C(C)(C)C)c2O1. The predicted octanol–water partition coefficient (Wildman–Crippen LogP) is 10.2. The Hall–Kier alpha value is -1.77. The number of benzene rings is 2. The highest BCUT2D eigenvalue weighted by atomic mass is 31.2. The van der Waals surface area contributed by atoms with Gasteiger partial charge in [-0.15, -0.1) is 0 Å². The van der Waals surface area contributed by atoms with E-state index < -0.39 is 13.4 Å². The molecule has 39 heavy (non-hydrogen) atoms. The Labute approximate surface area is 238 Å². The summed E-state index contributed by atoms with van der Waals surface area (Å²) in [7, 11) is -4.02. The Morgan fingerprint density at radius 1 is 0.667 bits per heavy atom. The van der Waals surface area contributed by atoms with Gasteiger partial charge < -0.3 is 14.2 Å². The van der Waals surface area contributed by atoms with Crippen LogP contribution < -0.4 is 9.05 Å². The minimum absolute atomic E-state index is 0.125. The van der Waals surface area contributed by atoms with Gasteiger partial charge in [0, 0.05) is 22.3 Å². The molecule has 0 aliphatic carbocycles. The van der Waals surface area contributed by atoms with Crippen LogP contribution in [-0.4, -0.2) is 11.0 Å². The van der Waals surface area contributed by atoms with E-state index in [-0.39, 0.29) is 21.7 Å². The second-order valence-electron chi connectivity index (χ2n) is 15.6. The minimum Gasteiger partial charge on any atom is -0.413 e. The van der Waals surface area contributed by atoms with Crippen LogP contribution in [0.5, 0.6) is 11.5 Å². The van der Waals surface area contributed by atoms with Crippen molar-refractivity contribution in [3.8, 4) is 22.6 Å². The third-order valence-electron chi connectivity index (χ3n) is 7.91. The van der Waals surface area contributed by atoms with E-state index >= 15 is 0 Å². The van der Waals surface area contributed by atoms with Crippen LogP contribution >= 0.6 is 7.60 Å². The highest BCUT2D eigenvalue weighted by Crippen LogP contribution is 2.64. The molecule has 1 atom stereocenters. The van der Waals surface area contributed by atoms with Gasteiger partial charge in [0.1, 0.15) is 11.5 Å². The fourth-order valence-electron chi connectivity index (χ4n) is 5.79. The van der Waals surface area contributed by atoms with Crippen molar-refractivity contribution in [1.29, 1.82) is 0 Å². The zero-order chi connectivity index (χ0) is 30.1. The van der Waals surface area contributed by atoms with Gasteiger partial charge >= 0.3 is 7.60 Å².